The molecule has 3 nitrogen and oxygen atoms in total. The van der Waals surface area contributed by atoms with Crippen LogP contribution in [0.25, 0.3) is 0 Å². The highest BCUT2D eigenvalue weighted by molar-refractivity contribution is 4.90. The molecule has 0 aromatic heterocycles. The minimum atomic E-state index is 0.106. The molecule has 0 aliphatic carbocycles. The summed E-state index contributed by atoms with van der Waals surface area (Å²) in [4.78, 5) is 0. The second kappa shape index (κ2) is 4.17. The summed E-state index contributed by atoms with van der Waals surface area (Å²) in [6.07, 6.45) is 5.28. The average Bonchev–Trinajstić information content (AvgIpc) is 2.77. The van der Waals surface area contributed by atoms with Gasteiger partial charge in [-0.1, -0.05) is 0 Å². The van der Waals surface area contributed by atoms with Crippen molar-refractivity contribution in [3.8, 4) is 0 Å². The van der Waals surface area contributed by atoms with Gasteiger partial charge in [-0.2, -0.15) is 0 Å². The molecule has 3 atom stereocenters. The zero-order chi connectivity index (χ0) is 10.0. The van der Waals surface area contributed by atoms with Crippen molar-refractivity contribution in [2.45, 2.75) is 44.8 Å². The zero-order valence-corrected chi connectivity index (χ0v) is 8.96. The van der Waals surface area contributed by atoms with Gasteiger partial charge < -0.3 is 15.2 Å². The van der Waals surface area contributed by atoms with Gasteiger partial charge in [0.15, 0.2) is 0 Å². The van der Waals surface area contributed by atoms with Crippen molar-refractivity contribution in [1.29, 1.82) is 0 Å². The third-order valence-electron chi connectivity index (χ3n) is 3.65. The molecule has 2 fully saturated rings. The Balaban J connectivity index is 1.88. The molecule has 0 radical (unpaired) electrons. The molecule has 0 saturated carbocycles. The standard InChI is InChI=1S/C11H21NO2/c1-9-2-3-10(14-9)6-11(8-13)4-5-12-7-11/h9-10,12-13H,2-8H2,1H3. The molecule has 0 aromatic carbocycles. The molecule has 14 heavy (non-hydrogen) atoms. The largest absolute Gasteiger partial charge is 0.396 e. The van der Waals surface area contributed by atoms with Crippen molar-refractivity contribution >= 4 is 0 Å². The summed E-state index contributed by atoms with van der Waals surface area (Å²) in [5.41, 5.74) is 0.106. The predicted octanol–water partition coefficient (Wildman–Crippen LogP) is 0.916. The summed E-state index contributed by atoms with van der Waals surface area (Å²) in [7, 11) is 0. The number of hydrogen-bond acceptors (Lipinski definition) is 3. The Morgan fingerprint density at radius 1 is 1.50 bits per heavy atom. The highest BCUT2D eigenvalue weighted by atomic mass is 16.5. The van der Waals surface area contributed by atoms with E-state index in [1.54, 1.807) is 0 Å². The van der Waals surface area contributed by atoms with Gasteiger partial charge in [0.25, 0.3) is 0 Å². The third-order valence-corrected chi connectivity index (χ3v) is 3.65. The van der Waals surface area contributed by atoms with Crippen molar-refractivity contribution in [2.75, 3.05) is 19.7 Å². The minimum Gasteiger partial charge on any atom is -0.396 e. The van der Waals surface area contributed by atoms with Crippen LogP contribution in [-0.4, -0.2) is 37.0 Å². The molecule has 2 aliphatic heterocycles. The molecule has 0 aromatic rings. The first-order valence-corrected chi connectivity index (χ1v) is 5.71. The van der Waals surface area contributed by atoms with Crippen molar-refractivity contribution in [1.82, 2.24) is 5.32 Å². The summed E-state index contributed by atoms with van der Waals surface area (Å²) in [6, 6.07) is 0. The van der Waals surface area contributed by atoms with Crippen molar-refractivity contribution in [3.05, 3.63) is 0 Å². The Bertz CT molecular complexity index is 190. The number of aliphatic hydroxyl groups is 1. The molecular weight excluding hydrogens is 178 g/mol. The first-order chi connectivity index (χ1) is 6.74. The molecule has 3 heteroatoms. The van der Waals surface area contributed by atoms with Crippen LogP contribution >= 0.6 is 0 Å². The van der Waals surface area contributed by atoms with Gasteiger partial charge in [-0.15, -0.1) is 0 Å². The van der Waals surface area contributed by atoms with E-state index in [4.69, 9.17) is 4.74 Å². The average molecular weight is 199 g/mol. The van der Waals surface area contributed by atoms with Gasteiger partial charge in [0.2, 0.25) is 0 Å². The minimum absolute atomic E-state index is 0.106. The predicted molar refractivity (Wildman–Crippen MR) is 55.2 cm³/mol. The Morgan fingerprint density at radius 2 is 2.36 bits per heavy atom. The second-order valence-electron chi connectivity index (χ2n) is 4.94. The summed E-state index contributed by atoms with van der Waals surface area (Å²) in [5, 5.41) is 12.8. The summed E-state index contributed by atoms with van der Waals surface area (Å²) in [5.74, 6) is 0. The quantitative estimate of drug-likeness (QED) is 0.710. The van der Waals surface area contributed by atoms with E-state index < -0.39 is 0 Å². The Kier molecular flexibility index (Phi) is 3.10. The number of rotatable bonds is 3. The van der Waals surface area contributed by atoms with Gasteiger partial charge in [-0.25, -0.2) is 0 Å². The van der Waals surface area contributed by atoms with Crippen molar-refractivity contribution < 1.29 is 9.84 Å². The molecule has 3 unspecified atom stereocenters. The first-order valence-electron chi connectivity index (χ1n) is 5.71. The maximum atomic E-state index is 9.45. The van der Waals surface area contributed by atoms with Crippen LogP contribution in [0.1, 0.15) is 32.6 Å². The summed E-state index contributed by atoms with van der Waals surface area (Å²) >= 11 is 0. The fourth-order valence-corrected chi connectivity index (χ4v) is 2.69. The molecule has 2 saturated heterocycles. The van der Waals surface area contributed by atoms with E-state index >= 15 is 0 Å². The maximum Gasteiger partial charge on any atom is 0.0586 e. The fourth-order valence-electron chi connectivity index (χ4n) is 2.69. The Labute approximate surface area is 85.8 Å². The molecule has 2 aliphatic rings. The lowest BCUT2D eigenvalue weighted by atomic mass is 9.82. The van der Waals surface area contributed by atoms with Crippen LogP contribution in [0.2, 0.25) is 0 Å². The fraction of sp³-hybridized carbons (Fsp3) is 1.00. The van der Waals surface area contributed by atoms with E-state index in [0.29, 0.717) is 18.8 Å². The van der Waals surface area contributed by atoms with E-state index in [9.17, 15) is 5.11 Å². The van der Waals surface area contributed by atoms with Gasteiger partial charge >= 0.3 is 0 Å². The summed E-state index contributed by atoms with van der Waals surface area (Å²) < 4.78 is 5.81. The molecule has 2 N–H and O–H groups in total. The maximum absolute atomic E-state index is 9.45. The normalized spacial score (nSPS) is 43.3. The topological polar surface area (TPSA) is 41.5 Å². The molecule has 2 rings (SSSR count). The van der Waals surface area contributed by atoms with Crippen LogP contribution in [0.5, 0.6) is 0 Å². The van der Waals surface area contributed by atoms with Crippen LogP contribution in [0.4, 0.5) is 0 Å². The third kappa shape index (κ3) is 2.10. The van der Waals surface area contributed by atoms with Crippen molar-refractivity contribution in [2.24, 2.45) is 5.41 Å². The molecule has 0 spiro atoms. The van der Waals surface area contributed by atoms with Crippen LogP contribution < -0.4 is 5.32 Å². The van der Waals surface area contributed by atoms with Gasteiger partial charge in [0.05, 0.1) is 18.8 Å². The van der Waals surface area contributed by atoms with Gasteiger partial charge in [0, 0.05) is 12.0 Å². The van der Waals surface area contributed by atoms with E-state index in [0.717, 1.165) is 25.9 Å². The lowest BCUT2D eigenvalue weighted by Crippen LogP contribution is -2.32. The molecular formula is C11H21NO2. The SMILES string of the molecule is CC1CCC(CC2(CO)CCNC2)O1. The van der Waals surface area contributed by atoms with E-state index in [-0.39, 0.29) is 5.41 Å². The van der Waals surface area contributed by atoms with Crippen LogP contribution in [0.3, 0.4) is 0 Å². The smallest absolute Gasteiger partial charge is 0.0586 e. The van der Waals surface area contributed by atoms with E-state index in [2.05, 4.69) is 12.2 Å². The second-order valence-corrected chi connectivity index (χ2v) is 4.94. The molecule has 82 valence electrons. The van der Waals surface area contributed by atoms with Gasteiger partial charge in [0.1, 0.15) is 0 Å². The summed E-state index contributed by atoms with van der Waals surface area (Å²) in [6.45, 7) is 4.44. The number of aliphatic hydroxyl groups excluding tert-OH is 1. The number of hydrogen-bond donors (Lipinski definition) is 2. The van der Waals surface area contributed by atoms with Crippen LogP contribution in [-0.2, 0) is 4.74 Å². The monoisotopic (exact) mass is 199 g/mol. The molecule has 0 bridgehead atoms. The van der Waals surface area contributed by atoms with Crippen LogP contribution in [0.15, 0.2) is 0 Å². The lowest BCUT2D eigenvalue weighted by Gasteiger charge is -2.28. The van der Waals surface area contributed by atoms with Crippen molar-refractivity contribution in [3.63, 3.8) is 0 Å². The molecule has 0 amide bonds. The lowest BCUT2D eigenvalue weighted by molar-refractivity contribution is 0.00977. The number of ether oxygens (including phenoxy) is 1. The Morgan fingerprint density at radius 3 is 2.86 bits per heavy atom. The number of nitrogens with one attached hydrogen (secondary N) is 1. The highest BCUT2D eigenvalue weighted by Gasteiger charge is 2.37. The highest BCUT2D eigenvalue weighted by Crippen LogP contribution is 2.35. The first kappa shape index (κ1) is 10.4. The Hall–Kier alpha value is -0.120. The van der Waals surface area contributed by atoms with E-state index in [1.807, 2.05) is 0 Å². The van der Waals surface area contributed by atoms with Gasteiger partial charge in [-0.05, 0) is 39.2 Å². The zero-order valence-electron chi connectivity index (χ0n) is 8.96. The van der Waals surface area contributed by atoms with Crippen LogP contribution in [0, 0.1) is 5.41 Å². The molecule has 2 heterocycles. The van der Waals surface area contributed by atoms with E-state index in [1.165, 1.54) is 12.8 Å². The van der Waals surface area contributed by atoms with Gasteiger partial charge in [-0.3, -0.25) is 0 Å².